The van der Waals surface area contributed by atoms with E-state index in [4.69, 9.17) is 0 Å². The summed E-state index contributed by atoms with van der Waals surface area (Å²) in [6, 6.07) is 5.90. The van der Waals surface area contributed by atoms with E-state index < -0.39 is 23.5 Å². The quantitative estimate of drug-likeness (QED) is 0.685. The molecule has 0 unspecified atom stereocenters. The lowest BCUT2D eigenvalue weighted by atomic mass is 10.1. The van der Waals surface area contributed by atoms with E-state index in [1.165, 1.54) is 23.0 Å². The number of hydrogen-bond donors (Lipinski definition) is 0. The van der Waals surface area contributed by atoms with Crippen LogP contribution < -0.4 is 0 Å². The molecule has 2 rings (SSSR count). The van der Waals surface area contributed by atoms with E-state index in [0.717, 1.165) is 6.07 Å². The number of aromatic nitrogens is 1. The fourth-order valence-corrected chi connectivity index (χ4v) is 1.62. The van der Waals surface area contributed by atoms with Gasteiger partial charge in [-0.15, -0.1) is 0 Å². The van der Waals surface area contributed by atoms with Crippen molar-refractivity contribution in [2.24, 2.45) is 0 Å². The molecule has 101 valence electrons. The highest BCUT2D eigenvalue weighted by molar-refractivity contribution is 5.43. The maximum absolute atomic E-state index is 12.7. The van der Waals surface area contributed by atoms with Crippen LogP contribution in [0.4, 0.5) is 26.3 Å². The topological polar surface area (TPSA) is 4.93 Å². The van der Waals surface area contributed by atoms with E-state index in [1.54, 1.807) is 0 Å². The Kier molecular flexibility index (Phi) is 3.07. The zero-order valence-electron chi connectivity index (χ0n) is 9.18. The van der Waals surface area contributed by atoms with Crippen LogP contribution in [-0.2, 0) is 12.4 Å². The first-order chi connectivity index (χ1) is 8.69. The Bertz CT molecular complexity index is 565. The highest BCUT2D eigenvalue weighted by Gasteiger charge is 2.43. The minimum absolute atomic E-state index is 0.0124. The maximum Gasteiger partial charge on any atom is 0.417 e. The summed E-state index contributed by atoms with van der Waals surface area (Å²) in [5.41, 5.74) is -3.41. The van der Waals surface area contributed by atoms with E-state index in [0.29, 0.717) is 12.1 Å². The zero-order chi connectivity index (χ0) is 14.3. The summed E-state index contributed by atoms with van der Waals surface area (Å²) in [6.07, 6.45) is -7.41. The van der Waals surface area contributed by atoms with Crippen LogP contribution >= 0.6 is 0 Å². The second kappa shape index (κ2) is 4.32. The van der Waals surface area contributed by atoms with Gasteiger partial charge in [-0.1, -0.05) is 0 Å². The van der Waals surface area contributed by atoms with Crippen molar-refractivity contribution in [2.75, 3.05) is 0 Å². The average Bonchev–Trinajstić information content (AvgIpc) is 2.79. The van der Waals surface area contributed by atoms with Crippen LogP contribution in [0.2, 0.25) is 0 Å². The van der Waals surface area contributed by atoms with Crippen molar-refractivity contribution in [1.29, 1.82) is 0 Å². The molecule has 0 fully saturated rings. The Labute approximate surface area is 104 Å². The van der Waals surface area contributed by atoms with E-state index in [2.05, 4.69) is 6.07 Å². The summed E-state index contributed by atoms with van der Waals surface area (Å²) in [4.78, 5) is 0. The molecule has 0 saturated heterocycles. The smallest absolute Gasteiger partial charge is 0.323 e. The first-order valence-electron chi connectivity index (χ1n) is 5.02. The SMILES string of the molecule is FC(F)(F)c1ccc(-n2c[c]cc2)cc1C(F)(F)F. The molecule has 1 aromatic heterocycles. The molecule has 1 heterocycles. The molecular formula is C12H6F6N. The molecule has 1 nitrogen and oxygen atoms in total. The van der Waals surface area contributed by atoms with Crippen molar-refractivity contribution >= 4 is 0 Å². The minimum Gasteiger partial charge on any atom is -0.323 e. The second-order valence-electron chi connectivity index (χ2n) is 3.74. The predicted octanol–water partition coefficient (Wildman–Crippen LogP) is 4.32. The van der Waals surface area contributed by atoms with Gasteiger partial charge in [0.05, 0.1) is 11.1 Å². The molecule has 0 aliphatic rings. The maximum atomic E-state index is 12.7. The van der Waals surface area contributed by atoms with Crippen LogP contribution in [0.3, 0.4) is 0 Å². The lowest BCUT2D eigenvalue weighted by Gasteiger charge is -2.16. The highest BCUT2D eigenvalue weighted by atomic mass is 19.4. The molecule has 0 aliphatic carbocycles. The molecule has 1 aromatic carbocycles. The lowest BCUT2D eigenvalue weighted by molar-refractivity contribution is -0.162. The standard InChI is InChI=1S/C12H6F6N/c13-11(14,15)9-4-3-8(19-5-1-2-6-19)7-10(9)12(16,17)18/h1,3-7H. The molecular weight excluding hydrogens is 272 g/mol. The van der Waals surface area contributed by atoms with Crippen LogP contribution in [0.15, 0.2) is 36.7 Å². The monoisotopic (exact) mass is 278 g/mol. The average molecular weight is 278 g/mol. The van der Waals surface area contributed by atoms with E-state index in [9.17, 15) is 26.3 Å². The molecule has 0 aliphatic heterocycles. The number of alkyl halides is 6. The number of nitrogens with zero attached hydrogens (tertiary/aromatic N) is 1. The summed E-state index contributed by atoms with van der Waals surface area (Å²) < 4.78 is 76.9. The largest absolute Gasteiger partial charge is 0.417 e. The second-order valence-corrected chi connectivity index (χ2v) is 3.74. The third kappa shape index (κ3) is 2.74. The van der Waals surface area contributed by atoms with E-state index in [1.807, 2.05) is 0 Å². The number of benzene rings is 1. The molecule has 0 spiro atoms. The van der Waals surface area contributed by atoms with Crippen molar-refractivity contribution in [1.82, 2.24) is 4.57 Å². The van der Waals surface area contributed by atoms with Gasteiger partial charge in [-0.25, -0.2) is 0 Å². The summed E-state index contributed by atoms with van der Waals surface area (Å²) in [5, 5.41) is 0. The molecule has 7 heteroatoms. The van der Waals surface area contributed by atoms with Gasteiger partial charge >= 0.3 is 12.4 Å². The van der Waals surface area contributed by atoms with Gasteiger partial charge in [0.2, 0.25) is 0 Å². The third-order valence-electron chi connectivity index (χ3n) is 2.46. The number of rotatable bonds is 1. The highest BCUT2D eigenvalue weighted by Crippen LogP contribution is 2.40. The zero-order valence-corrected chi connectivity index (χ0v) is 9.18. The normalized spacial score (nSPS) is 12.7. The Morgan fingerprint density at radius 3 is 2.00 bits per heavy atom. The van der Waals surface area contributed by atoms with Crippen molar-refractivity contribution in [3.8, 4) is 5.69 Å². The molecule has 0 saturated carbocycles. The first-order valence-corrected chi connectivity index (χ1v) is 5.02. The van der Waals surface area contributed by atoms with Gasteiger partial charge in [-0.05, 0) is 24.3 Å². The third-order valence-corrected chi connectivity index (χ3v) is 2.46. The van der Waals surface area contributed by atoms with Crippen LogP contribution in [0, 0.1) is 6.07 Å². The fourth-order valence-electron chi connectivity index (χ4n) is 1.62. The van der Waals surface area contributed by atoms with Gasteiger partial charge in [-0.3, -0.25) is 0 Å². The Morgan fingerprint density at radius 1 is 0.895 bits per heavy atom. The van der Waals surface area contributed by atoms with Crippen LogP contribution in [0.25, 0.3) is 5.69 Å². The number of halogens is 6. The van der Waals surface area contributed by atoms with Crippen molar-refractivity contribution in [3.63, 3.8) is 0 Å². The van der Waals surface area contributed by atoms with Crippen LogP contribution in [0.5, 0.6) is 0 Å². The lowest BCUT2D eigenvalue weighted by Crippen LogP contribution is -2.17. The molecule has 0 N–H and O–H groups in total. The van der Waals surface area contributed by atoms with Gasteiger partial charge < -0.3 is 4.57 Å². The van der Waals surface area contributed by atoms with E-state index in [-0.39, 0.29) is 5.69 Å². The van der Waals surface area contributed by atoms with Gasteiger partial charge in [-0.2, -0.15) is 26.3 Å². The van der Waals surface area contributed by atoms with Gasteiger partial charge in [0.25, 0.3) is 0 Å². The van der Waals surface area contributed by atoms with Crippen LogP contribution in [0.1, 0.15) is 11.1 Å². The van der Waals surface area contributed by atoms with Crippen molar-refractivity contribution in [2.45, 2.75) is 12.4 Å². The Morgan fingerprint density at radius 2 is 1.53 bits per heavy atom. The Balaban J connectivity index is 2.61. The van der Waals surface area contributed by atoms with E-state index >= 15 is 0 Å². The Hall–Kier alpha value is -1.92. The molecule has 1 radical (unpaired) electrons. The van der Waals surface area contributed by atoms with Gasteiger partial charge in [0.1, 0.15) is 0 Å². The molecule has 0 atom stereocenters. The minimum atomic E-state index is -5.07. The van der Waals surface area contributed by atoms with Crippen LogP contribution in [-0.4, -0.2) is 4.57 Å². The molecule has 0 amide bonds. The molecule has 19 heavy (non-hydrogen) atoms. The van der Waals surface area contributed by atoms with Crippen molar-refractivity contribution < 1.29 is 26.3 Å². The predicted molar refractivity (Wildman–Crippen MR) is 54.6 cm³/mol. The fraction of sp³-hybridized carbons (Fsp3) is 0.167. The number of hydrogen-bond acceptors (Lipinski definition) is 0. The summed E-state index contributed by atoms with van der Waals surface area (Å²) >= 11 is 0. The van der Waals surface area contributed by atoms with Gasteiger partial charge in [0.15, 0.2) is 0 Å². The summed E-state index contributed by atoms with van der Waals surface area (Å²) in [7, 11) is 0. The first kappa shape index (κ1) is 13.5. The van der Waals surface area contributed by atoms with Gasteiger partial charge in [0, 0.05) is 24.1 Å². The van der Waals surface area contributed by atoms with Crippen molar-refractivity contribution in [3.05, 3.63) is 53.9 Å². The molecule has 0 bridgehead atoms. The summed E-state index contributed by atoms with van der Waals surface area (Å²) in [5.74, 6) is 0. The summed E-state index contributed by atoms with van der Waals surface area (Å²) in [6.45, 7) is 0. The molecule has 2 aromatic rings.